The normalized spacial score (nSPS) is 17.2. The fourth-order valence-electron chi connectivity index (χ4n) is 3.05. The lowest BCUT2D eigenvalue weighted by Crippen LogP contribution is -2.43. The molecule has 0 unspecified atom stereocenters. The van der Waals surface area contributed by atoms with Gasteiger partial charge in [0.15, 0.2) is 5.96 Å². The molecule has 0 saturated carbocycles. The molecule has 5 heteroatoms. The van der Waals surface area contributed by atoms with Crippen LogP contribution >= 0.6 is 0 Å². The molecular formula is C18H31N5. The molecular weight excluding hydrogens is 286 g/mol. The standard InChI is InChI=1S/C18H31N5/c1-3-12-23-13-8-16(9-14-23)15-22-18(19-2)21-11-7-17-6-4-5-10-20-17/h4-6,10,16H,3,7-9,11-15H2,1-2H3,(H2,19,21,22). The third-order valence-corrected chi connectivity index (χ3v) is 4.43. The van der Waals surface area contributed by atoms with Gasteiger partial charge in [0.1, 0.15) is 0 Å². The van der Waals surface area contributed by atoms with E-state index in [-0.39, 0.29) is 0 Å². The Morgan fingerprint density at radius 1 is 1.30 bits per heavy atom. The molecule has 0 bridgehead atoms. The predicted molar refractivity (Wildman–Crippen MR) is 96.8 cm³/mol. The Kier molecular flexibility index (Phi) is 7.87. The Bertz CT molecular complexity index is 452. The SMILES string of the molecule is CCCN1CCC(CNC(=NC)NCCc2ccccn2)CC1. The van der Waals surface area contributed by atoms with Gasteiger partial charge in [0.25, 0.3) is 0 Å². The first-order valence-electron chi connectivity index (χ1n) is 8.88. The van der Waals surface area contributed by atoms with Crippen molar-refractivity contribution >= 4 is 5.96 Å². The van der Waals surface area contributed by atoms with Crippen LogP contribution in [-0.2, 0) is 6.42 Å². The molecule has 1 aromatic heterocycles. The minimum atomic E-state index is 0.762. The lowest BCUT2D eigenvalue weighted by Gasteiger charge is -2.32. The highest BCUT2D eigenvalue weighted by atomic mass is 15.2. The summed E-state index contributed by atoms with van der Waals surface area (Å²) in [6.45, 7) is 7.86. The largest absolute Gasteiger partial charge is 0.356 e. The van der Waals surface area contributed by atoms with E-state index in [1.54, 1.807) is 0 Å². The van der Waals surface area contributed by atoms with Crippen LogP contribution in [0.3, 0.4) is 0 Å². The van der Waals surface area contributed by atoms with Crippen LogP contribution in [0.4, 0.5) is 0 Å². The average molecular weight is 317 g/mol. The Morgan fingerprint density at radius 2 is 2.13 bits per heavy atom. The number of likely N-dealkylation sites (tertiary alicyclic amines) is 1. The molecule has 0 radical (unpaired) electrons. The summed E-state index contributed by atoms with van der Waals surface area (Å²) < 4.78 is 0. The summed E-state index contributed by atoms with van der Waals surface area (Å²) in [5.74, 6) is 1.66. The topological polar surface area (TPSA) is 52.5 Å². The average Bonchev–Trinajstić information content (AvgIpc) is 2.60. The number of piperidine rings is 1. The van der Waals surface area contributed by atoms with Crippen LogP contribution < -0.4 is 10.6 Å². The molecule has 0 atom stereocenters. The molecule has 1 aliphatic heterocycles. The van der Waals surface area contributed by atoms with Gasteiger partial charge in [-0.25, -0.2) is 0 Å². The quantitative estimate of drug-likeness (QED) is 0.596. The number of guanidine groups is 1. The van der Waals surface area contributed by atoms with Crippen molar-refractivity contribution in [2.75, 3.05) is 39.8 Å². The molecule has 128 valence electrons. The fourth-order valence-corrected chi connectivity index (χ4v) is 3.05. The predicted octanol–water partition coefficient (Wildman–Crippen LogP) is 1.91. The lowest BCUT2D eigenvalue weighted by atomic mass is 9.97. The maximum absolute atomic E-state index is 4.34. The molecule has 0 spiro atoms. The van der Waals surface area contributed by atoms with Crippen molar-refractivity contribution in [2.24, 2.45) is 10.9 Å². The van der Waals surface area contributed by atoms with Gasteiger partial charge >= 0.3 is 0 Å². The van der Waals surface area contributed by atoms with Gasteiger partial charge < -0.3 is 15.5 Å². The second kappa shape index (κ2) is 10.2. The van der Waals surface area contributed by atoms with Crippen molar-refractivity contribution in [2.45, 2.75) is 32.6 Å². The van der Waals surface area contributed by atoms with Crippen LogP contribution in [0.2, 0.25) is 0 Å². The number of nitrogens with zero attached hydrogens (tertiary/aromatic N) is 3. The zero-order chi connectivity index (χ0) is 16.3. The Hall–Kier alpha value is -1.62. The van der Waals surface area contributed by atoms with E-state index < -0.39 is 0 Å². The molecule has 0 aromatic carbocycles. The Labute approximate surface area is 140 Å². The summed E-state index contributed by atoms with van der Waals surface area (Å²) in [6, 6.07) is 6.03. The minimum Gasteiger partial charge on any atom is -0.356 e. The molecule has 1 fully saturated rings. The maximum atomic E-state index is 4.34. The molecule has 0 amide bonds. The fraction of sp³-hybridized carbons (Fsp3) is 0.667. The summed E-state index contributed by atoms with van der Waals surface area (Å²) in [7, 11) is 1.83. The van der Waals surface area contributed by atoms with Crippen molar-refractivity contribution in [1.82, 2.24) is 20.5 Å². The number of pyridine rings is 1. The van der Waals surface area contributed by atoms with Gasteiger partial charge in [0.2, 0.25) is 0 Å². The zero-order valence-electron chi connectivity index (χ0n) is 14.6. The monoisotopic (exact) mass is 317 g/mol. The Morgan fingerprint density at radius 3 is 2.78 bits per heavy atom. The summed E-state index contributed by atoms with van der Waals surface area (Å²) in [4.78, 5) is 11.2. The molecule has 1 saturated heterocycles. The third kappa shape index (κ3) is 6.57. The number of hydrogen-bond donors (Lipinski definition) is 2. The van der Waals surface area contributed by atoms with Gasteiger partial charge in [-0.05, 0) is 56.9 Å². The van der Waals surface area contributed by atoms with Crippen LogP contribution in [-0.4, -0.2) is 55.6 Å². The van der Waals surface area contributed by atoms with Crippen molar-refractivity contribution in [3.05, 3.63) is 30.1 Å². The van der Waals surface area contributed by atoms with Gasteiger partial charge in [0, 0.05) is 38.4 Å². The molecule has 23 heavy (non-hydrogen) atoms. The molecule has 1 aliphatic rings. The first kappa shape index (κ1) is 17.7. The summed E-state index contributed by atoms with van der Waals surface area (Å²) in [6.07, 6.45) is 6.59. The summed E-state index contributed by atoms with van der Waals surface area (Å²) in [5, 5.41) is 6.85. The van der Waals surface area contributed by atoms with Crippen LogP contribution in [0.15, 0.2) is 29.4 Å². The second-order valence-corrected chi connectivity index (χ2v) is 6.24. The zero-order valence-corrected chi connectivity index (χ0v) is 14.6. The number of aliphatic imine (C=N–C) groups is 1. The van der Waals surface area contributed by atoms with Gasteiger partial charge in [-0.1, -0.05) is 13.0 Å². The van der Waals surface area contributed by atoms with E-state index in [1.807, 2.05) is 25.4 Å². The van der Waals surface area contributed by atoms with Crippen molar-refractivity contribution in [3.63, 3.8) is 0 Å². The highest BCUT2D eigenvalue weighted by Crippen LogP contribution is 2.16. The van der Waals surface area contributed by atoms with Gasteiger partial charge in [-0.3, -0.25) is 9.98 Å². The van der Waals surface area contributed by atoms with E-state index in [1.165, 1.54) is 38.9 Å². The number of aromatic nitrogens is 1. The van der Waals surface area contributed by atoms with Crippen molar-refractivity contribution < 1.29 is 0 Å². The highest BCUT2D eigenvalue weighted by Gasteiger charge is 2.18. The number of hydrogen-bond acceptors (Lipinski definition) is 3. The Balaban J connectivity index is 1.62. The van der Waals surface area contributed by atoms with Gasteiger partial charge in [-0.15, -0.1) is 0 Å². The van der Waals surface area contributed by atoms with E-state index in [0.717, 1.165) is 37.1 Å². The highest BCUT2D eigenvalue weighted by molar-refractivity contribution is 5.79. The van der Waals surface area contributed by atoms with E-state index in [0.29, 0.717) is 0 Å². The minimum absolute atomic E-state index is 0.762. The second-order valence-electron chi connectivity index (χ2n) is 6.24. The van der Waals surface area contributed by atoms with Crippen LogP contribution in [0, 0.1) is 5.92 Å². The van der Waals surface area contributed by atoms with Gasteiger partial charge in [-0.2, -0.15) is 0 Å². The van der Waals surface area contributed by atoms with Crippen molar-refractivity contribution in [3.8, 4) is 0 Å². The van der Waals surface area contributed by atoms with E-state index in [4.69, 9.17) is 0 Å². The van der Waals surface area contributed by atoms with E-state index in [2.05, 4.69) is 38.5 Å². The molecule has 5 nitrogen and oxygen atoms in total. The molecule has 0 aliphatic carbocycles. The van der Waals surface area contributed by atoms with Gasteiger partial charge in [0.05, 0.1) is 0 Å². The maximum Gasteiger partial charge on any atom is 0.190 e. The van der Waals surface area contributed by atoms with Crippen LogP contribution in [0.1, 0.15) is 31.9 Å². The first-order chi connectivity index (χ1) is 11.3. The van der Waals surface area contributed by atoms with E-state index >= 15 is 0 Å². The first-order valence-corrected chi connectivity index (χ1v) is 8.88. The lowest BCUT2D eigenvalue weighted by molar-refractivity contribution is 0.185. The number of rotatable bonds is 7. The smallest absolute Gasteiger partial charge is 0.190 e. The summed E-state index contributed by atoms with van der Waals surface area (Å²) >= 11 is 0. The van der Waals surface area contributed by atoms with Crippen molar-refractivity contribution in [1.29, 1.82) is 0 Å². The molecule has 2 N–H and O–H groups in total. The molecule has 2 rings (SSSR count). The summed E-state index contributed by atoms with van der Waals surface area (Å²) in [5.41, 5.74) is 1.11. The molecule has 2 heterocycles. The van der Waals surface area contributed by atoms with Crippen LogP contribution in [0.5, 0.6) is 0 Å². The van der Waals surface area contributed by atoms with E-state index in [9.17, 15) is 0 Å². The van der Waals surface area contributed by atoms with Crippen LogP contribution in [0.25, 0.3) is 0 Å². The number of nitrogens with one attached hydrogen (secondary N) is 2. The molecule has 1 aromatic rings. The third-order valence-electron chi connectivity index (χ3n) is 4.43.